The number of benzene rings is 2. The SMILES string of the molecule is CCN1CCN(c2ccc(F)cc2C(C)NC(=O)Nc2ccc(S(N)(=O)=O)cc2)CC1. The first kappa shape index (κ1) is 23.0. The minimum Gasteiger partial charge on any atom is -0.369 e. The first-order valence-corrected chi connectivity index (χ1v) is 11.7. The number of primary sulfonamides is 1. The Kier molecular flexibility index (Phi) is 7.14. The van der Waals surface area contributed by atoms with E-state index in [1.807, 2.05) is 0 Å². The highest BCUT2D eigenvalue weighted by Gasteiger charge is 2.22. The number of likely N-dealkylation sites (N-methyl/N-ethyl adjacent to an activating group) is 1. The summed E-state index contributed by atoms with van der Waals surface area (Å²) < 4.78 is 36.7. The van der Waals surface area contributed by atoms with Crippen LogP contribution in [0.4, 0.5) is 20.6 Å². The second-order valence-corrected chi connectivity index (χ2v) is 9.08. The van der Waals surface area contributed by atoms with Crippen molar-refractivity contribution >= 4 is 27.4 Å². The van der Waals surface area contributed by atoms with E-state index in [4.69, 9.17) is 5.14 Å². The van der Waals surface area contributed by atoms with Crippen molar-refractivity contribution in [1.82, 2.24) is 10.2 Å². The van der Waals surface area contributed by atoms with Gasteiger partial charge in [0.1, 0.15) is 5.82 Å². The van der Waals surface area contributed by atoms with E-state index in [9.17, 15) is 17.6 Å². The summed E-state index contributed by atoms with van der Waals surface area (Å²) in [7, 11) is -3.80. The number of nitrogens with zero attached hydrogens (tertiary/aromatic N) is 2. The predicted octanol–water partition coefficient (Wildman–Crippen LogP) is 2.50. The molecule has 1 aliphatic rings. The van der Waals surface area contributed by atoms with Gasteiger partial charge in [0.15, 0.2) is 0 Å². The molecule has 0 bridgehead atoms. The van der Waals surface area contributed by atoms with Crippen molar-refractivity contribution < 1.29 is 17.6 Å². The van der Waals surface area contributed by atoms with Crippen LogP contribution in [0.2, 0.25) is 0 Å². The smallest absolute Gasteiger partial charge is 0.319 e. The lowest BCUT2D eigenvalue weighted by Gasteiger charge is -2.37. The van der Waals surface area contributed by atoms with E-state index in [1.165, 1.54) is 36.4 Å². The summed E-state index contributed by atoms with van der Waals surface area (Å²) in [6.45, 7) is 8.47. The van der Waals surface area contributed by atoms with Crippen LogP contribution < -0.4 is 20.7 Å². The molecule has 3 rings (SSSR count). The Morgan fingerprint density at radius 2 is 1.77 bits per heavy atom. The molecule has 0 radical (unpaired) electrons. The summed E-state index contributed by atoms with van der Waals surface area (Å²) >= 11 is 0. The van der Waals surface area contributed by atoms with Crippen LogP contribution in [0, 0.1) is 5.82 Å². The minimum atomic E-state index is -3.80. The second kappa shape index (κ2) is 9.63. The fraction of sp³-hybridized carbons (Fsp3) is 0.381. The summed E-state index contributed by atoms with van der Waals surface area (Å²) in [5.74, 6) is -0.362. The fourth-order valence-electron chi connectivity index (χ4n) is 3.63. The maximum absolute atomic E-state index is 14.0. The van der Waals surface area contributed by atoms with Crippen molar-refractivity contribution in [2.45, 2.75) is 24.8 Å². The van der Waals surface area contributed by atoms with Gasteiger partial charge in [0.05, 0.1) is 10.9 Å². The maximum Gasteiger partial charge on any atom is 0.319 e. The Bertz CT molecular complexity index is 1020. The number of anilines is 2. The number of piperazine rings is 1. The molecule has 1 aliphatic heterocycles. The third kappa shape index (κ3) is 5.93. The van der Waals surface area contributed by atoms with E-state index >= 15 is 0 Å². The Hall–Kier alpha value is -2.69. The number of hydrogen-bond acceptors (Lipinski definition) is 5. The number of carbonyl (C=O) groups excluding carboxylic acids is 1. The number of hydrogen-bond donors (Lipinski definition) is 3. The zero-order valence-corrected chi connectivity index (χ0v) is 18.5. The van der Waals surface area contributed by atoms with Gasteiger partial charge in [-0.3, -0.25) is 0 Å². The summed E-state index contributed by atoms with van der Waals surface area (Å²) in [6.07, 6.45) is 0. The van der Waals surface area contributed by atoms with Crippen molar-refractivity contribution in [1.29, 1.82) is 0 Å². The molecule has 2 amide bonds. The second-order valence-electron chi connectivity index (χ2n) is 7.51. The number of halogens is 1. The molecular weight excluding hydrogens is 421 g/mol. The van der Waals surface area contributed by atoms with Gasteiger partial charge in [-0.15, -0.1) is 0 Å². The Labute approximate surface area is 182 Å². The van der Waals surface area contributed by atoms with Crippen molar-refractivity contribution in [2.75, 3.05) is 42.9 Å². The van der Waals surface area contributed by atoms with Crippen molar-refractivity contribution in [3.63, 3.8) is 0 Å². The Morgan fingerprint density at radius 3 is 2.35 bits per heavy atom. The van der Waals surface area contributed by atoms with Gasteiger partial charge in [0.25, 0.3) is 0 Å². The standard InChI is InChI=1S/C21H28FN5O3S/c1-3-26-10-12-27(13-11-26)20-9-4-16(22)14-19(20)15(2)24-21(28)25-17-5-7-18(8-6-17)31(23,29)30/h4-9,14-15H,3,10-13H2,1-2H3,(H2,23,29,30)(H2,24,25,28). The van der Waals surface area contributed by atoms with E-state index in [0.29, 0.717) is 11.3 Å². The largest absolute Gasteiger partial charge is 0.369 e. The summed E-state index contributed by atoms with van der Waals surface area (Å²) in [4.78, 5) is 17.0. The Morgan fingerprint density at radius 1 is 1.13 bits per heavy atom. The predicted molar refractivity (Wildman–Crippen MR) is 119 cm³/mol. The highest BCUT2D eigenvalue weighted by Crippen LogP contribution is 2.28. The average Bonchev–Trinajstić information content (AvgIpc) is 2.73. The van der Waals surface area contributed by atoms with Crippen LogP contribution in [0.5, 0.6) is 0 Å². The van der Waals surface area contributed by atoms with E-state index in [-0.39, 0.29) is 10.7 Å². The van der Waals surface area contributed by atoms with Crippen LogP contribution in [-0.4, -0.2) is 52.1 Å². The molecule has 8 nitrogen and oxygen atoms in total. The molecular formula is C21H28FN5O3S. The number of rotatable bonds is 6. The van der Waals surface area contributed by atoms with Crippen LogP contribution in [0.15, 0.2) is 47.4 Å². The first-order chi connectivity index (χ1) is 14.7. The summed E-state index contributed by atoms with van der Waals surface area (Å²) in [5.41, 5.74) is 2.01. The van der Waals surface area contributed by atoms with Crippen LogP contribution in [0.25, 0.3) is 0 Å². The monoisotopic (exact) mass is 449 g/mol. The van der Waals surface area contributed by atoms with Gasteiger partial charge >= 0.3 is 6.03 Å². The number of urea groups is 1. The van der Waals surface area contributed by atoms with Crippen LogP contribution in [0.3, 0.4) is 0 Å². The molecule has 1 unspecified atom stereocenters. The lowest BCUT2D eigenvalue weighted by atomic mass is 10.0. The molecule has 0 spiro atoms. The average molecular weight is 450 g/mol. The van der Waals surface area contributed by atoms with Crippen LogP contribution >= 0.6 is 0 Å². The topological polar surface area (TPSA) is 108 Å². The molecule has 168 valence electrons. The molecule has 31 heavy (non-hydrogen) atoms. The van der Waals surface area contributed by atoms with E-state index < -0.39 is 22.1 Å². The molecule has 1 heterocycles. The van der Waals surface area contributed by atoms with Gasteiger partial charge in [0.2, 0.25) is 10.0 Å². The molecule has 10 heteroatoms. The molecule has 4 N–H and O–H groups in total. The molecule has 1 saturated heterocycles. The molecule has 2 aromatic carbocycles. The molecule has 0 aliphatic carbocycles. The van der Waals surface area contributed by atoms with Gasteiger partial charge in [-0.1, -0.05) is 6.92 Å². The number of nitrogens with one attached hydrogen (secondary N) is 2. The Balaban J connectivity index is 1.69. The van der Waals surface area contributed by atoms with Crippen molar-refractivity contribution in [2.24, 2.45) is 5.14 Å². The molecule has 1 fully saturated rings. The van der Waals surface area contributed by atoms with E-state index in [0.717, 1.165) is 38.4 Å². The van der Waals surface area contributed by atoms with Crippen LogP contribution in [-0.2, 0) is 10.0 Å². The van der Waals surface area contributed by atoms with Gasteiger partial charge in [-0.25, -0.2) is 22.7 Å². The van der Waals surface area contributed by atoms with Gasteiger partial charge < -0.3 is 20.4 Å². The number of amides is 2. The first-order valence-electron chi connectivity index (χ1n) is 10.1. The molecule has 0 saturated carbocycles. The van der Waals surface area contributed by atoms with Crippen molar-refractivity contribution in [3.05, 3.63) is 53.8 Å². The van der Waals surface area contributed by atoms with Gasteiger partial charge in [-0.05, 0) is 55.9 Å². The lowest BCUT2D eigenvalue weighted by Crippen LogP contribution is -2.46. The highest BCUT2D eigenvalue weighted by molar-refractivity contribution is 7.89. The highest BCUT2D eigenvalue weighted by atomic mass is 32.2. The zero-order chi connectivity index (χ0) is 22.6. The summed E-state index contributed by atoms with van der Waals surface area (Å²) in [5, 5.41) is 10.5. The normalized spacial score (nSPS) is 16.1. The number of sulfonamides is 1. The maximum atomic E-state index is 14.0. The van der Waals surface area contributed by atoms with Crippen molar-refractivity contribution in [3.8, 4) is 0 Å². The molecule has 0 aromatic heterocycles. The summed E-state index contributed by atoms with van der Waals surface area (Å²) in [6, 6.07) is 9.24. The quantitative estimate of drug-likeness (QED) is 0.628. The minimum absolute atomic E-state index is 0.0422. The number of nitrogens with two attached hydrogens (primary N) is 1. The lowest BCUT2D eigenvalue weighted by molar-refractivity contribution is 0.249. The third-order valence-electron chi connectivity index (χ3n) is 5.40. The van der Waals surface area contributed by atoms with Gasteiger partial charge in [-0.2, -0.15) is 0 Å². The molecule has 2 aromatic rings. The number of carbonyl (C=O) groups is 1. The fourth-order valence-corrected chi connectivity index (χ4v) is 4.15. The van der Waals surface area contributed by atoms with Crippen LogP contribution in [0.1, 0.15) is 25.5 Å². The molecule has 1 atom stereocenters. The third-order valence-corrected chi connectivity index (χ3v) is 6.33. The zero-order valence-electron chi connectivity index (χ0n) is 17.6. The van der Waals surface area contributed by atoms with E-state index in [2.05, 4.69) is 27.4 Å². The van der Waals surface area contributed by atoms with Gasteiger partial charge in [0, 0.05) is 43.1 Å². The van der Waals surface area contributed by atoms with E-state index in [1.54, 1.807) is 13.0 Å².